The van der Waals surface area contributed by atoms with Gasteiger partial charge in [-0.25, -0.2) is 4.79 Å². The topological polar surface area (TPSA) is 76.1 Å². The minimum atomic E-state index is -0.917. The fourth-order valence-corrected chi connectivity index (χ4v) is 4.35. The van der Waals surface area contributed by atoms with E-state index >= 15 is 0 Å². The minimum absolute atomic E-state index is 0.0210. The zero-order chi connectivity index (χ0) is 16.7. The number of hydrogen-bond acceptors (Lipinski definition) is 4. The summed E-state index contributed by atoms with van der Waals surface area (Å²) in [6.45, 7) is 0.850. The molecule has 1 amide bonds. The molecule has 0 unspecified atom stereocenters. The van der Waals surface area contributed by atoms with Crippen molar-refractivity contribution in [2.45, 2.75) is 44.2 Å². The number of carboxylic acids is 1. The van der Waals surface area contributed by atoms with E-state index in [0.717, 1.165) is 25.7 Å². The average Bonchev–Trinajstić information content (AvgIpc) is 3.00. The molecule has 1 aromatic carbocycles. The molecule has 1 aromatic rings. The molecule has 2 heterocycles. The van der Waals surface area contributed by atoms with Crippen LogP contribution in [0.15, 0.2) is 18.2 Å². The average molecular weight is 331 g/mol. The third kappa shape index (κ3) is 2.41. The third-order valence-corrected chi connectivity index (χ3v) is 5.40. The molecule has 2 fully saturated rings. The first-order valence-corrected chi connectivity index (χ1v) is 8.61. The Morgan fingerprint density at radius 2 is 1.92 bits per heavy atom. The fraction of sp³-hybridized carbons (Fsp3) is 0.556. The Hall–Kier alpha value is -2.24. The van der Waals surface area contributed by atoms with E-state index in [1.807, 2.05) is 0 Å². The molecule has 2 aliphatic heterocycles. The van der Waals surface area contributed by atoms with E-state index in [9.17, 15) is 14.7 Å². The SMILES string of the molecule is O=C(O)[C@@H]1C[C@H]2CCCC[C@@H]2N1C(=O)c1cccc2c1OCCO2. The smallest absolute Gasteiger partial charge is 0.326 e. The van der Waals surface area contributed by atoms with Crippen LogP contribution in [0.5, 0.6) is 11.5 Å². The number of rotatable bonds is 2. The molecule has 1 N–H and O–H groups in total. The fourth-order valence-electron chi connectivity index (χ4n) is 4.35. The second-order valence-electron chi connectivity index (χ2n) is 6.74. The molecule has 0 bridgehead atoms. The zero-order valence-electron chi connectivity index (χ0n) is 13.4. The van der Waals surface area contributed by atoms with Gasteiger partial charge in [0, 0.05) is 6.04 Å². The largest absolute Gasteiger partial charge is 0.486 e. The van der Waals surface area contributed by atoms with Crippen molar-refractivity contribution < 1.29 is 24.2 Å². The standard InChI is InChI=1S/C18H21NO5/c20-17(12-5-3-7-15-16(12)24-9-8-23-15)19-13-6-2-1-4-11(13)10-14(19)18(21)22/h3,5,7,11,13-14H,1-2,4,6,8-10H2,(H,21,22)/t11-,13+,14+/m1/s1. The maximum Gasteiger partial charge on any atom is 0.326 e. The second kappa shape index (κ2) is 6.00. The van der Waals surface area contributed by atoms with E-state index in [-0.39, 0.29) is 11.9 Å². The number of carbonyl (C=O) groups excluding carboxylic acids is 1. The van der Waals surface area contributed by atoms with Crippen molar-refractivity contribution >= 4 is 11.9 Å². The molecule has 1 aliphatic carbocycles. The Morgan fingerprint density at radius 1 is 1.12 bits per heavy atom. The van der Waals surface area contributed by atoms with Gasteiger partial charge in [-0.2, -0.15) is 0 Å². The van der Waals surface area contributed by atoms with Crippen molar-refractivity contribution in [2.75, 3.05) is 13.2 Å². The van der Waals surface area contributed by atoms with E-state index in [2.05, 4.69) is 0 Å². The van der Waals surface area contributed by atoms with E-state index in [4.69, 9.17) is 9.47 Å². The number of ether oxygens (including phenoxy) is 2. The number of likely N-dealkylation sites (tertiary alicyclic amines) is 1. The predicted octanol–water partition coefficient (Wildman–Crippen LogP) is 2.32. The molecule has 6 heteroatoms. The first-order chi connectivity index (χ1) is 11.7. The zero-order valence-corrected chi connectivity index (χ0v) is 13.4. The van der Waals surface area contributed by atoms with Crippen molar-refractivity contribution in [2.24, 2.45) is 5.92 Å². The number of benzene rings is 1. The highest BCUT2D eigenvalue weighted by molar-refractivity contribution is 6.00. The summed E-state index contributed by atoms with van der Waals surface area (Å²) >= 11 is 0. The predicted molar refractivity (Wildman–Crippen MR) is 85.4 cm³/mol. The molecule has 128 valence electrons. The Bertz CT molecular complexity index is 673. The van der Waals surface area contributed by atoms with Crippen molar-refractivity contribution in [3.63, 3.8) is 0 Å². The van der Waals surface area contributed by atoms with Crippen LogP contribution in [-0.2, 0) is 4.79 Å². The third-order valence-electron chi connectivity index (χ3n) is 5.40. The molecule has 1 saturated heterocycles. The summed E-state index contributed by atoms with van der Waals surface area (Å²) in [5.41, 5.74) is 0.407. The van der Waals surface area contributed by atoms with Gasteiger partial charge in [-0.3, -0.25) is 4.79 Å². The van der Waals surface area contributed by atoms with E-state index in [0.29, 0.717) is 42.6 Å². The van der Waals surface area contributed by atoms with E-state index < -0.39 is 12.0 Å². The Balaban J connectivity index is 1.71. The summed E-state index contributed by atoms with van der Waals surface area (Å²) < 4.78 is 11.2. The first kappa shape index (κ1) is 15.3. The van der Waals surface area contributed by atoms with Crippen LogP contribution >= 0.6 is 0 Å². The van der Waals surface area contributed by atoms with Crippen LogP contribution in [0.1, 0.15) is 42.5 Å². The molecule has 3 atom stereocenters. The van der Waals surface area contributed by atoms with Crippen LogP contribution in [-0.4, -0.2) is 47.2 Å². The van der Waals surface area contributed by atoms with Crippen molar-refractivity contribution in [3.8, 4) is 11.5 Å². The maximum absolute atomic E-state index is 13.2. The molecule has 6 nitrogen and oxygen atoms in total. The number of amides is 1. The Labute approximate surface area is 140 Å². The molecule has 0 aromatic heterocycles. The van der Waals surface area contributed by atoms with Gasteiger partial charge in [0.25, 0.3) is 5.91 Å². The lowest BCUT2D eigenvalue weighted by atomic mass is 9.84. The summed E-state index contributed by atoms with van der Waals surface area (Å²) in [4.78, 5) is 26.5. The van der Waals surface area contributed by atoms with Crippen molar-refractivity contribution in [1.82, 2.24) is 4.90 Å². The Kier molecular flexibility index (Phi) is 3.82. The van der Waals surface area contributed by atoms with Gasteiger partial charge in [0.1, 0.15) is 19.3 Å². The highest BCUT2D eigenvalue weighted by Crippen LogP contribution is 2.42. The van der Waals surface area contributed by atoms with Gasteiger partial charge in [0.2, 0.25) is 0 Å². The van der Waals surface area contributed by atoms with Gasteiger partial charge in [0.15, 0.2) is 11.5 Å². The quantitative estimate of drug-likeness (QED) is 0.900. The Morgan fingerprint density at radius 3 is 2.75 bits per heavy atom. The highest BCUT2D eigenvalue weighted by atomic mass is 16.6. The van der Waals surface area contributed by atoms with Crippen LogP contribution in [0.4, 0.5) is 0 Å². The molecule has 4 rings (SSSR count). The monoisotopic (exact) mass is 331 g/mol. The molecule has 1 saturated carbocycles. The lowest BCUT2D eigenvalue weighted by Crippen LogP contribution is -2.46. The number of nitrogens with zero attached hydrogens (tertiary/aromatic N) is 1. The van der Waals surface area contributed by atoms with Crippen molar-refractivity contribution in [3.05, 3.63) is 23.8 Å². The minimum Gasteiger partial charge on any atom is -0.486 e. The maximum atomic E-state index is 13.2. The van der Waals surface area contributed by atoms with Gasteiger partial charge in [0.05, 0.1) is 5.56 Å². The molecule has 0 radical (unpaired) electrons. The van der Waals surface area contributed by atoms with Crippen LogP contribution in [0.2, 0.25) is 0 Å². The van der Waals surface area contributed by atoms with Crippen LogP contribution < -0.4 is 9.47 Å². The highest BCUT2D eigenvalue weighted by Gasteiger charge is 2.48. The number of carboxylic acid groups (broad SMARTS) is 1. The van der Waals surface area contributed by atoms with Gasteiger partial charge in [-0.15, -0.1) is 0 Å². The number of hydrogen-bond donors (Lipinski definition) is 1. The lowest BCUT2D eigenvalue weighted by molar-refractivity contribution is -0.141. The summed E-state index contributed by atoms with van der Waals surface area (Å²) in [6, 6.07) is 4.50. The van der Waals surface area contributed by atoms with Gasteiger partial charge >= 0.3 is 5.97 Å². The summed E-state index contributed by atoms with van der Waals surface area (Å²) in [5.74, 6) is 0.120. The molecular weight excluding hydrogens is 310 g/mol. The summed E-state index contributed by atoms with van der Waals surface area (Å²) in [7, 11) is 0. The molecule has 24 heavy (non-hydrogen) atoms. The normalized spacial score (nSPS) is 28.3. The van der Waals surface area contributed by atoms with Gasteiger partial charge < -0.3 is 19.5 Å². The molecule has 3 aliphatic rings. The molecular formula is C18H21NO5. The number of carbonyl (C=O) groups is 2. The first-order valence-electron chi connectivity index (χ1n) is 8.61. The summed E-state index contributed by atoms with van der Waals surface area (Å²) in [6.07, 6.45) is 4.60. The summed E-state index contributed by atoms with van der Waals surface area (Å²) in [5, 5.41) is 9.62. The van der Waals surface area contributed by atoms with Gasteiger partial charge in [-0.05, 0) is 37.3 Å². The lowest BCUT2D eigenvalue weighted by Gasteiger charge is -2.33. The van der Waals surface area contributed by atoms with E-state index in [1.165, 1.54) is 0 Å². The van der Waals surface area contributed by atoms with E-state index in [1.54, 1.807) is 23.1 Å². The molecule has 0 spiro atoms. The number of fused-ring (bicyclic) bond motifs is 2. The number of aliphatic carboxylic acids is 1. The van der Waals surface area contributed by atoms with Crippen LogP contribution in [0, 0.1) is 5.92 Å². The van der Waals surface area contributed by atoms with Crippen LogP contribution in [0.3, 0.4) is 0 Å². The van der Waals surface area contributed by atoms with Crippen molar-refractivity contribution in [1.29, 1.82) is 0 Å². The second-order valence-corrected chi connectivity index (χ2v) is 6.74. The number of para-hydroxylation sites is 1. The van der Waals surface area contributed by atoms with Crippen LogP contribution in [0.25, 0.3) is 0 Å². The van der Waals surface area contributed by atoms with Gasteiger partial charge in [-0.1, -0.05) is 18.9 Å².